The molecule has 1 saturated carbocycles. The van der Waals surface area contributed by atoms with Crippen LogP contribution in [0.4, 0.5) is 0 Å². The molecule has 1 heterocycles. The van der Waals surface area contributed by atoms with E-state index in [1.807, 2.05) is 14.0 Å². The van der Waals surface area contributed by atoms with Crippen LogP contribution >= 0.6 is 11.8 Å². The van der Waals surface area contributed by atoms with Crippen LogP contribution in [0, 0.1) is 5.92 Å². The van der Waals surface area contributed by atoms with E-state index in [2.05, 4.69) is 15.4 Å². The van der Waals surface area contributed by atoms with Crippen molar-refractivity contribution in [1.82, 2.24) is 20.1 Å². The average molecular weight is 284 g/mol. The lowest BCUT2D eigenvalue weighted by atomic mass is 9.95. The number of thioether (sulfide) groups is 1. The second-order valence-electron chi connectivity index (χ2n) is 4.72. The number of hydrogen-bond donors (Lipinski definition) is 1. The number of carbonyl (C=O) groups excluding carboxylic acids is 1. The van der Waals surface area contributed by atoms with E-state index in [0.717, 1.165) is 24.5 Å². The lowest BCUT2D eigenvalue weighted by Crippen LogP contribution is -2.56. The van der Waals surface area contributed by atoms with Crippen molar-refractivity contribution in [2.45, 2.75) is 30.5 Å². The van der Waals surface area contributed by atoms with Gasteiger partial charge in [0.1, 0.15) is 11.9 Å². The maximum absolute atomic E-state index is 12.2. The van der Waals surface area contributed by atoms with Crippen LogP contribution in [-0.2, 0) is 16.6 Å². The fraction of sp³-hybridized carbons (Fsp3) is 0.750. The van der Waals surface area contributed by atoms with Crippen molar-refractivity contribution in [3.05, 3.63) is 6.33 Å². The van der Waals surface area contributed by atoms with Crippen LogP contribution in [0.2, 0.25) is 0 Å². The minimum absolute atomic E-state index is 0.175. The number of esters is 1. The van der Waals surface area contributed by atoms with Crippen LogP contribution in [0.3, 0.4) is 0 Å². The molecular formula is C12H20N4O2S. The lowest BCUT2D eigenvalue weighted by Gasteiger charge is -2.31. The van der Waals surface area contributed by atoms with Gasteiger partial charge in [0, 0.05) is 12.8 Å². The molecule has 2 rings (SSSR count). The number of likely N-dealkylation sites (N-methyl/N-ethyl adjacent to an activating group) is 1. The van der Waals surface area contributed by atoms with Crippen LogP contribution < -0.4 is 5.32 Å². The van der Waals surface area contributed by atoms with E-state index in [4.69, 9.17) is 4.74 Å². The van der Waals surface area contributed by atoms with Gasteiger partial charge in [-0.05, 0) is 25.3 Å². The van der Waals surface area contributed by atoms with Crippen LogP contribution in [0.25, 0.3) is 0 Å². The van der Waals surface area contributed by atoms with E-state index in [9.17, 15) is 4.79 Å². The molecule has 0 amide bonds. The van der Waals surface area contributed by atoms with Crippen molar-refractivity contribution in [3.8, 4) is 0 Å². The maximum Gasteiger partial charge on any atom is 0.327 e. The van der Waals surface area contributed by atoms with E-state index in [1.54, 1.807) is 4.68 Å². The molecule has 1 fully saturated rings. The van der Waals surface area contributed by atoms with Gasteiger partial charge < -0.3 is 10.1 Å². The highest BCUT2D eigenvalue weighted by molar-refractivity contribution is 7.99. The molecule has 0 bridgehead atoms. The molecule has 0 aromatic carbocycles. The smallest absolute Gasteiger partial charge is 0.327 e. The van der Waals surface area contributed by atoms with E-state index >= 15 is 0 Å². The molecule has 1 aliphatic carbocycles. The Balaban J connectivity index is 2.12. The Hall–Kier alpha value is -1.08. The SMILES string of the molecule is CCNC(CSc1ncnn1C)(C(=O)OC)C1CC1. The molecule has 1 N–H and O–H groups in total. The number of ether oxygens (including phenoxy) is 1. The molecule has 1 aromatic rings. The fourth-order valence-corrected chi connectivity index (χ4v) is 3.45. The van der Waals surface area contributed by atoms with Gasteiger partial charge in [-0.15, -0.1) is 0 Å². The summed E-state index contributed by atoms with van der Waals surface area (Å²) in [5.41, 5.74) is -0.597. The Kier molecular flexibility index (Phi) is 4.46. The second-order valence-corrected chi connectivity index (χ2v) is 5.66. The Bertz CT molecular complexity index is 447. The van der Waals surface area contributed by atoms with Crippen LogP contribution in [-0.4, -0.2) is 45.7 Å². The molecule has 0 spiro atoms. The largest absolute Gasteiger partial charge is 0.468 e. The van der Waals surface area contributed by atoms with Crippen molar-refractivity contribution in [1.29, 1.82) is 0 Å². The molecule has 106 valence electrons. The van der Waals surface area contributed by atoms with E-state index < -0.39 is 5.54 Å². The lowest BCUT2D eigenvalue weighted by molar-refractivity contribution is -0.148. The van der Waals surface area contributed by atoms with Gasteiger partial charge in [-0.2, -0.15) is 5.10 Å². The standard InChI is InChI=1S/C12H20N4O2S/c1-4-14-12(9-5-6-9,10(17)18-3)7-19-11-13-8-15-16(11)2/h8-9,14H,4-7H2,1-3H3. The summed E-state index contributed by atoms with van der Waals surface area (Å²) >= 11 is 1.54. The van der Waals surface area contributed by atoms with Gasteiger partial charge in [-0.25, -0.2) is 9.67 Å². The van der Waals surface area contributed by atoms with Crippen molar-refractivity contribution in [3.63, 3.8) is 0 Å². The van der Waals surface area contributed by atoms with Gasteiger partial charge in [0.15, 0.2) is 5.16 Å². The summed E-state index contributed by atoms with van der Waals surface area (Å²) < 4.78 is 6.73. The fourth-order valence-electron chi connectivity index (χ4n) is 2.28. The van der Waals surface area contributed by atoms with E-state index in [0.29, 0.717) is 11.7 Å². The highest BCUT2D eigenvalue weighted by Crippen LogP contribution is 2.42. The quantitative estimate of drug-likeness (QED) is 0.591. The first-order valence-corrected chi connectivity index (χ1v) is 7.43. The average Bonchev–Trinajstić information content (AvgIpc) is 3.18. The maximum atomic E-state index is 12.2. The second kappa shape index (κ2) is 5.92. The zero-order valence-electron chi connectivity index (χ0n) is 11.5. The number of rotatable bonds is 7. The topological polar surface area (TPSA) is 69.0 Å². The number of hydrogen-bond acceptors (Lipinski definition) is 6. The minimum atomic E-state index is -0.597. The monoisotopic (exact) mass is 284 g/mol. The Morgan fingerprint density at radius 2 is 2.42 bits per heavy atom. The molecule has 0 aliphatic heterocycles. The Morgan fingerprint density at radius 3 is 2.89 bits per heavy atom. The predicted octanol–water partition coefficient (Wildman–Crippen LogP) is 0.838. The first-order valence-electron chi connectivity index (χ1n) is 6.44. The number of carbonyl (C=O) groups is 1. The molecule has 19 heavy (non-hydrogen) atoms. The molecular weight excluding hydrogens is 264 g/mol. The first-order chi connectivity index (χ1) is 9.14. The van der Waals surface area contributed by atoms with Crippen molar-refractivity contribution >= 4 is 17.7 Å². The predicted molar refractivity (Wildman–Crippen MR) is 72.9 cm³/mol. The molecule has 1 aromatic heterocycles. The molecule has 1 atom stereocenters. The van der Waals surface area contributed by atoms with Crippen molar-refractivity contribution in [2.24, 2.45) is 13.0 Å². The highest BCUT2D eigenvalue weighted by Gasteiger charge is 2.51. The number of nitrogens with one attached hydrogen (secondary N) is 1. The van der Waals surface area contributed by atoms with Gasteiger partial charge in [0.05, 0.1) is 7.11 Å². The van der Waals surface area contributed by atoms with Gasteiger partial charge in [-0.1, -0.05) is 18.7 Å². The van der Waals surface area contributed by atoms with Crippen LogP contribution in [0.1, 0.15) is 19.8 Å². The number of aromatic nitrogens is 3. The third-order valence-corrected chi connectivity index (χ3v) is 4.64. The normalized spacial score (nSPS) is 18.1. The van der Waals surface area contributed by atoms with Gasteiger partial charge in [0.2, 0.25) is 0 Å². The summed E-state index contributed by atoms with van der Waals surface area (Å²) in [7, 11) is 3.29. The zero-order chi connectivity index (χ0) is 13.9. The zero-order valence-corrected chi connectivity index (χ0v) is 12.4. The summed E-state index contributed by atoms with van der Waals surface area (Å²) in [6, 6.07) is 0. The molecule has 7 heteroatoms. The van der Waals surface area contributed by atoms with Crippen LogP contribution in [0.5, 0.6) is 0 Å². The Morgan fingerprint density at radius 1 is 1.68 bits per heavy atom. The molecule has 0 radical (unpaired) electrons. The number of nitrogens with zero attached hydrogens (tertiary/aromatic N) is 3. The van der Waals surface area contributed by atoms with Crippen molar-refractivity contribution in [2.75, 3.05) is 19.4 Å². The van der Waals surface area contributed by atoms with Gasteiger partial charge in [-0.3, -0.25) is 4.79 Å². The van der Waals surface area contributed by atoms with Gasteiger partial charge in [0.25, 0.3) is 0 Å². The Labute approximate surface area is 117 Å². The third-order valence-electron chi connectivity index (χ3n) is 3.41. The summed E-state index contributed by atoms with van der Waals surface area (Å²) in [5.74, 6) is 0.803. The molecule has 6 nitrogen and oxygen atoms in total. The van der Waals surface area contributed by atoms with E-state index in [1.165, 1.54) is 25.2 Å². The van der Waals surface area contributed by atoms with E-state index in [-0.39, 0.29) is 5.97 Å². The summed E-state index contributed by atoms with van der Waals surface area (Å²) in [6.45, 7) is 2.75. The van der Waals surface area contributed by atoms with Crippen LogP contribution in [0.15, 0.2) is 11.5 Å². The number of aryl methyl sites for hydroxylation is 1. The third kappa shape index (κ3) is 2.92. The summed E-state index contributed by atoms with van der Waals surface area (Å²) in [5, 5.41) is 8.19. The van der Waals surface area contributed by atoms with Gasteiger partial charge >= 0.3 is 5.97 Å². The minimum Gasteiger partial charge on any atom is -0.468 e. The number of methoxy groups -OCH3 is 1. The summed E-state index contributed by atoms with van der Waals surface area (Å²) in [6.07, 6.45) is 3.66. The van der Waals surface area contributed by atoms with Crippen molar-refractivity contribution < 1.29 is 9.53 Å². The highest BCUT2D eigenvalue weighted by atomic mass is 32.2. The molecule has 1 unspecified atom stereocenters. The molecule has 1 aliphatic rings. The molecule has 0 saturated heterocycles. The first kappa shape index (κ1) is 14.3. The summed E-state index contributed by atoms with van der Waals surface area (Å²) in [4.78, 5) is 16.4.